The largest absolute Gasteiger partial charge is 0.353 e. The first kappa shape index (κ1) is 17.1. The molecular formula is C18H16ClFN4OS. The van der Waals surface area contributed by atoms with Crippen LogP contribution in [-0.4, -0.2) is 35.2 Å². The summed E-state index contributed by atoms with van der Waals surface area (Å²) in [5, 5.41) is 12.6. The van der Waals surface area contributed by atoms with Crippen LogP contribution in [0.25, 0.3) is 10.6 Å². The number of carbonyl (C=O) groups excluding carboxylic acids is 1. The molecule has 5 nitrogen and oxygen atoms in total. The van der Waals surface area contributed by atoms with Gasteiger partial charge in [0.1, 0.15) is 5.82 Å². The van der Waals surface area contributed by atoms with E-state index < -0.39 is 5.82 Å². The van der Waals surface area contributed by atoms with E-state index in [1.54, 1.807) is 11.3 Å². The number of hydrogen-bond acceptors (Lipinski definition) is 4. The second kappa shape index (κ2) is 7.09. The van der Waals surface area contributed by atoms with Gasteiger partial charge in [0.15, 0.2) is 5.82 Å². The zero-order chi connectivity index (χ0) is 18.1. The minimum atomic E-state index is -0.481. The second-order valence-electron chi connectivity index (χ2n) is 6.15. The van der Waals surface area contributed by atoms with Crippen molar-refractivity contribution in [2.24, 2.45) is 0 Å². The molecule has 26 heavy (non-hydrogen) atoms. The van der Waals surface area contributed by atoms with Gasteiger partial charge < -0.3 is 10.2 Å². The van der Waals surface area contributed by atoms with Crippen molar-refractivity contribution in [2.45, 2.75) is 12.5 Å². The summed E-state index contributed by atoms with van der Waals surface area (Å²) in [5.74, 6) is 0.0156. The van der Waals surface area contributed by atoms with Gasteiger partial charge in [-0.3, -0.25) is 9.89 Å². The van der Waals surface area contributed by atoms with Crippen molar-refractivity contribution in [1.29, 1.82) is 0 Å². The molecule has 1 aliphatic rings. The number of anilines is 1. The molecule has 8 heteroatoms. The van der Waals surface area contributed by atoms with Gasteiger partial charge >= 0.3 is 0 Å². The summed E-state index contributed by atoms with van der Waals surface area (Å²) in [6, 6.07) is 9.80. The van der Waals surface area contributed by atoms with Crippen LogP contribution in [0.2, 0.25) is 5.02 Å². The molecule has 1 atom stereocenters. The summed E-state index contributed by atoms with van der Waals surface area (Å²) >= 11 is 7.65. The van der Waals surface area contributed by atoms with Crippen LogP contribution in [0, 0.1) is 5.82 Å². The van der Waals surface area contributed by atoms with E-state index in [4.69, 9.17) is 11.6 Å². The maximum Gasteiger partial charge on any atom is 0.253 e. The van der Waals surface area contributed by atoms with Crippen molar-refractivity contribution in [3.8, 4) is 10.6 Å². The average molecular weight is 391 g/mol. The third kappa shape index (κ3) is 3.45. The predicted octanol–water partition coefficient (Wildman–Crippen LogP) is 3.94. The molecule has 134 valence electrons. The van der Waals surface area contributed by atoms with Crippen molar-refractivity contribution in [2.75, 3.05) is 18.0 Å². The first-order valence-electron chi connectivity index (χ1n) is 8.20. The zero-order valence-electron chi connectivity index (χ0n) is 13.7. The Balaban J connectivity index is 1.41. The van der Waals surface area contributed by atoms with E-state index in [0.717, 1.165) is 35.4 Å². The number of aromatic amines is 1. The fourth-order valence-corrected chi connectivity index (χ4v) is 3.95. The van der Waals surface area contributed by atoms with Crippen LogP contribution in [0.4, 0.5) is 10.2 Å². The number of halogens is 2. The Bertz CT molecular complexity index is 927. The maximum atomic E-state index is 13.4. The minimum absolute atomic E-state index is 0.0382. The Morgan fingerprint density at radius 3 is 3.08 bits per heavy atom. The third-order valence-corrected chi connectivity index (χ3v) is 5.60. The van der Waals surface area contributed by atoms with E-state index in [1.165, 1.54) is 12.1 Å². The number of hydrogen-bond donors (Lipinski definition) is 2. The standard InChI is InChI=1S/C18H16ClFN4OS/c19-14-4-3-11(20)8-13(14)18(25)21-12-5-6-24(10-12)17-9-15(22-23-17)16-2-1-7-26-16/h1-4,7-9,12H,5-6,10H2,(H,21,25)(H,22,23)/t12-/m0/s1. The summed E-state index contributed by atoms with van der Waals surface area (Å²) in [6.07, 6.45) is 0.792. The topological polar surface area (TPSA) is 61.0 Å². The Labute approximate surface area is 158 Å². The van der Waals surface area contributed by atoms with E-state index >= 15 is 0 Å². The fourth-order valence-electron chi connectivity index (χ4n) is 3.05. The molecule has 0 aliphatic carbocycles. The molecule has 2 aromatic heterocycles. The number of amides is 1. The lowest BCUT2D eigenvalue weighted by molar-refractivity contribution is 0.0940. The van der Waals surface area contributed by atoms with Crippen molar-refractivity contribution in [3.63, 3.8) is 0 Å². The highest BCUT2D eigenvalue weighted by atomic mass is 35.5. The van der Waals surface area contributed by atoms with Gasteiger partial charge in [0.25, 0.3) is 5.91 Å². The lowest BCUT2D eigenvalue weighted by Gasteiger charge is -2.16. The van der Waals surface area contributed by atoms with Gasteiger partial charge in [-0.25, -0.2) is 4.39 Å². The molecular weight excluding hydrogens is 375 g/mol. The predicted molar refractivity (Wildman–Crippen MR) is 101 cm³/mol. The number of aromatic nitrogens is 2. The highest BCUT2D eigenvalue weighted by Gasteiger charge is 2.26. The number of nitrogens with one attached hydrogen (secondary N) is 2. The van der Waals surface area contributed by atoms with Gasteiger partial charge in [-0.05, 0) is 36.1 Å². The van der Waals surface area contributed by atoms with E-state index in [1.807, 2.05) is 23.6 Å². The number of nitrogens with zero attached hydrogens (tertiary/aromatic N) is 2. The number of rotatable bonds is 4. The van der Waals surface area contributed by atoms with Crippen molar-refractivity contribution in [3.05, 3.63) is 58.2 Å². The van der Waals surface area contributed by atoms with Gasteiger partial charge in [-0.15, -0.1) is 11.3 Å². The monoisotopic (exact) mass is 390 g/mol. The average Bonchev–Trinajstić information content (AvgIpc) is 3.37. The maximum absolute atomic E-state index is 13.4. The van der Waals surface area contributed by atoms with Crippen molar-refractivity contribution in [1.82, 2.24) is 15.5 Å². The summed E-state index contributed by atoms with van der Waals surface area (Å²) in [7, 11) is 0. The molecule has 0 spiro atoms. The Hall–Kier alpha value is -2.38. The normalized spacial score (nSPS) is 16.8. The molecule has 2 N–H and O–H groups in total. The van der Waals surface area contributed by atoms with E-state index in [2.05, 4.69) is 20.4 Å². The van der Waals surface area contributed by atoms with Gasteiger partial charge in [0, 0.05) is 25.2 Å². The molecule has 0 bridgehead atoms. The van der Waals surface area contributed by atoms with Crippen LogP contribution in [0.5, 0.6) is 0 Å². The molecule has 0 unspecified atom stereocenters. The van der Waals surface area contributed by atoms with Gasteiger partial charge in [0.2, 0.25) is 0 Å². The molecule has 0 radical (unpaired) electrons. The Morgan fingerprint density at radius 2 is 2.27 bits per heavy atom. The van der Waals surface area contributed by atoms with Gasteiger partial charge in [-0.2, -0.15) is 5.10 Å². The van der Waals surface area contributed by atoms with Crippen LogP contribution in [-0.2, 0) is 0 Å². The van der Waals surface area contributed by atoms with Crippen LogP contribution in [0.15, 0.2) is 41.8 Å². The van der Waals surface area contributed by atoms with E-state index in [0.29, 0.717) is 6.54 Å². The number of H-pyrrole nitrogens is 1. The Kier molecular flexibility index (Phi) is 4.65. The van der Waals surface area contributed by atoms with Crippen molar-refractivity contribution < 1.29 is 9.18 Å². The quantitative estimate of drug-likeness (QED) is 0.709. The van der Waals surface area contributed by atoms with Gasteiger partial charge in [-0.1, -0.05) is 17.7 Å². The van der Waals surface area contributed by atoms with Crippen LogP contribution < -0.4 is 10.2 Å². The first-order valence-corrected chi connectivity index (χ1v) is 9.46. The third-order valence-electron chi connectivity index (χ3n) is 4.37. The first-order chi connectivity index (χ1) is 12.6. The van der Waals surface area contributed by atoms with Crippen molar-refractivity contribution >= 4 is 34.7 Å². The SMILES string of the molecule is O=C(N[C@H]1CCN(c2cc(-c3cccs3)[nH]n2)C1)c1cc(F)ccc1Cl. The summed E-state index contributed by atoms with van der Waals surface area (Å²) in [4.78, 5) is 15.6. The molecule has 4 rings (SSSR count). The molecule has 1 amide bonds. The molecule has 1 aromatic carbocycles. The summed E-state index contributed by atoms with van der Waals surface area (Å²) < 4.78 is 13.4. The minimum Gasteiger partial charge on any atom is -0.353 e. The second-order valence-corrected chi connectivity index (χ2v) is 7.50. The molecule has 3 aromatic rings. The van der Waals surface area contributed by atoms with Crippen LogP contribution >= 0.6 is 22.9 Å². The van der Waals surface area contributed by atoms with Gasteiger partial charge in [0.05, 0.1) is 21.2 Å². The summed E-state index contributed by atoms with van der Waals surface area (Å²) in [6.45, 7) is 1.43. The Morgan fingerprint density at radius 1 is 1.38 bits per heavy atom. The molecule has 1 saturated heterocycles. The molecule has 0 saturated carbocycles. The highest BCUT2D eigenvalue weighted by molar-refractivity contribution is 7.13. The molecule has 1 aliphatic heterocycles. The smallest absolute Gasteiger partial charge is 0.253 e. The van der Waals surface area contributed by atoms with E-state index in [9.17, 15) is 9.18 Å². The lowest BCUT2D eigenvalue weighted by atomic mass is 10.2. The molecule has 1 fully saturated rings. The van der Waals surface area contributed by atoms with E-state index in [-0.39, 0.29) is 22.5 Å². The highest BCUT2D eigenvalue weighted by Crippen LogP contribution is 2.27. The number of thiophene rings is 1. The zero-order valence-corrected chi connectivity index (χ0v) is 15.3. The lowest BCUT2D eigenvalue weighted by Crippen LogP contribution is -2.37. The number of carbonyl (C=O) groups is 1. The summed E-state index contributed by atoms with van der Waals surface area (Å²) in [5.41, 5.74) is 1.14. The number of benzene rings is 1. The van der Waals surface area contributed by atoms with Crippen LogP contribution in [0.3, 0.4) is 0 Å². The fraction of sp³-hybridized carbons (Fsp3) is 0.222. The molecule has 3 heterocycles. The van der Waals surface area contributed by atoms with Crippen LogP contribution in [0.1, 0.15) is 16.8 Å².